The summed E-state index contributed by atoms with van der Waals surface area (Å²) in [6, 6.07) is 0. The van der Waals surface area contributed by atoms with Crippen molar-refractivity contribution in [2.75, 3.05) is 0 Å². The van der Waals surface area contributed by atoms with Crippen LogP contribution in [0.15, 0.2) is 0 Å². The van der Waals surface area contributed by atoms with Crippen molar-refractivity contribution in [1.82, 2.24) is 0 Å². The molecular weight excluding hydrogens is 130 g/mol. The van der Waals surface area contributed by atoms with Crippen LogP contribution in [0.25, 0.3) is 0 Å². The van der Waals surface area contributed by atoms with Gasteiger partial charge in [-0.25, -0.2) is 0 Å². The molecule has 0 heterocycles. The second-order valence-electron chi connectivity index (χ2n) is 3.18. The van der Waals surface area contributed by atoms with Gasteiger partial charge in [-0.15, -0.1) is 0 Å². The van der Waals surface area contributed by atoms with Crippen LogP contribution in [-0.4, -0.2) is 17.6 Å². The third kappa shape index (κ3) is 3.45. The van der Waals surface area contributed by atoms with Gasteiger partial charge in [0.1, 0.15) is 5.54 Å². The van der Waals surface area contributed by atoms with Crippen LogP contribution >= 0.6 is 0 Å². The van der Waals surface area contributed by atoms with Crippen molar-refractivity contribution in [3.8, 4) is 0 Å². The lowest BCUT2D eigenvalue weighted by Gasteiger charge is -2.18. The maximum atomic E-state index is 10.9. The van der Waals surface area contributed by atoms with E-state index in [-0.39, 0.29) is 12.1 Å². The molecule has 3 nitrogen and oxygen atoms in total. The second-order valence-corrected chi connectivity index (χ2v) is 3.18. The molecule has 0 aliphatic carbocycles. The maximum absolute atomic E-state index is 10.9. The normalized spacial score (nSPS) is 11.8. The van der Waals surface area contributed by atoms with Crippen molar-refractivity contribution in [3.05, 3.63) is 0 Å². The van der Waals surface area contributed by atoms with E-state index in [1.54, 1.807) is 27.7 Å². The molecule has 0 fully saturated rings. The fraction of sp³-hybridized carbons (Fsp3) is 0.857. The Morgan fingerprint density at radius 1 is 1.50 bits per heavy atom. The van der Waals surface area contributed by atoms with Crippen LogP contribution in [0.5, 0.6) is 0 Å². The zero-order chi connectivity index (χ0) is 8.36. The summed E-state index contributed by atoms with van der Waals surface area (Å²) < 4.78 is 4.85. The fourth-order valence-electron chi connectivity index (χ4n) is 0.366. The number of esters is 1. The average molecular weight is 145 g/mol. The highest BCUT2D eigenvalue weighted by Gasteiger charge is 2.24. The summed E-state index contributed by atoms with van der Waals surface area (Å²) in [5, 5.41) is 0. The van der Waals surface area contributed by atoms with Gasteiger partial charge < -0.3 is 10.5 Å². The van der Waals surface area contributed by atoms with Crippen molar-refractivity contribution < 1.29 is 9.53 Å². The van der Waals surface area contributed by atoms with Gasteiger partial charge in [0.15, 0.2) is 0 Å². The van der Waals surface area contributed by atoms with E-state index in [9.17, 15) is 4.79 Å². The minimum absolute atomic E-state index is 0.0877. The van der Waals surface area contributed by atoms with Gasteiger partial charge in [-0.1, -0.05) is 0 Å². The van der Waals surface area contributed by atoms with Gasteiger partial charge >= 0.3 is 5.97 Å². The summed E-state index contributed by atoms with van der Waals surface area (Å²) in [5.41, 5.74) is 4.58. The van der Waals surface area contributed by atoms with E-state index < -0.39 is 5.54 Å². The molecule has 0 radical (unpaired) electrons. The number of carbonyl (C=O) groups is 1. The van der Waals surface area contributed by atoms with Crippen LogP contribution < -0.4 is 5.73 Å². The van der Waals surface area contributed by atoms with Gasteiger partial charge in [-0.2, -0.15) is 0 Å². The second kappa shape index (κ2) is 3.01. The largest absolute Gasteiger partial charge is 0.462 e. The lowest BCUT2D eigenvalue weighted by molar-refractivity contribution is -0.152. The summed E-state index contributed by atoms with van der Waals surface area (Å²) in [6.45, 7) is 6.84. The fourth-order valence-corrected chi connectivity index (χ4v) is 0.366. The van der Waals surface area contributed by atoms with E-state index >= 15 is 0 Å². The van der Waals surface area contributed by atoms with Crippen molar-refractivity contribution >= 4 is 5.97 Å². The van der Waals surface area contributed by atoms with Gasteiger partial charge in [0.2, 0.25) is 0 Å². The first kappa shape index (κ1) is 9.43. The topological polar surface area (TPSA) is 52.3 Å². The van der Waals surface area contributed by atoms with E-state index in [1.807, 2.05) is 0 Å². The molecular formula is C7H15NO2. The van der Waals surface area contributed by atoms with E-state index in [1.165, 1.54) is 0 Å². The maximum Gasteiger partial charge on any atom is 0.325 e. The van der Waals surface area contributed by atoms with Gasteiger partial charge in [0, 0.05) is 0 Å². The lowest BCUT2D eigenvalue weighted by atomic mass is 10.1. The molecule has 0 rings (SSSR count). The highest BCUT2D eigenvalue weighted by Crippen LogP contribution is 2.02. The van der Waals surface area contributed by atoms with Gasteiger partial charge in [-0.05, 0) is 27.7 Å². The van der Waals surface area contributed by atoms with Crippen LogP contribution in [0.4, 0.5) is 0 Å². The number of hydrogen-bond acceptors (Lipinski definition) is 3. The van der Waals surface area contributed by atoms with Crippen LogP contribution in [0.2, 0.25) is 0 Å². The summed E-state index contributed by atoms with van der Waals surface area (Å²) in [4.78, 5) is 10.9. The van der Waals surface area contributed by atoms with Gasteiger partial charge in [0.25, 0.3) is 0 Å². The molecule has 0 unspecified atom stereocenters. The van der Waals surface area contributed by atoms with Crippen LogP contribution in [0.3, 0.4) is 0 Å². The van der Waals surface area contributed by atoms with Crippen molar-refractivity contribution in [3.63, 3.8) is 0 Å². The smallest absolute Gasteiger partial charge is 0.325 e. The molecule has 0 amide bonds. The third-order valence-electron chi connectivity index (χ3n) is 0.869. The van der Waals surface area contributed by atoms with Crippen LogP contribution in [0, 0.1) is 0 Å². The Morgan fingerprint density at radius 2 is 1.90 bits per heavy atom. The van der Waals surface area contributed by atoms with Crippen molar-refractivity contribution in [2.24, 2.45) is 5.73 Å². The molecule has 0 aromatic rings. The molecule has 0 saturated carbocycles. The Balaban J connectivity index is 3.87. The number of ether oxygens (including phenoxy) is 1. The molecule has 60 valence electrons. The molecule has 2 N–H and O–H groups in total. The van der Waals surface area contributed by atoms with Gasteiger partial charge in [-0.3, -0.25) is 4.79 Å². The van der Waals surface area contributed by atoms with Crippen LogP contribution in [0.1, 0.15) is 27.7 Å². The predicted molar refractivity (Wildman–Crippen MR) is 39.5 cm³/mol. The Bertz CT molecular complexity index is 124. The lowest BCUT2D eigenvalue weighted by Crippen LogP contribution is -2.43. The van der Waals surface area contributed by atoms with Crippen molar-refractivity contribution in [2.45, 2.75) is 39.3 Å². The summed E-state index contributed by atoms with van der Waals surface area (Å²) in [7, 11) is 0. The van der Waals surface area contributed by atoms with E-state index in [0.29, 0.717) is 0 Å². The molecule has 0 bridgehead atoms. The quantitative estimate of drug-likeness (QED) is 0.581. The zero-order valence-corrected chi connectivity index (χ0v) is 6.97. The molecule has 0 aliphatic rings. The Kier molecular flexibility index (Phi) is 2.84. The van der Waals surface area contributed by atoms with Gasteiger partial charge in [0.05, 0.1) is 6.10 Å². The summed E-state index contributed by atoms with van der Waals surface area (Å²) >= 11 is 0. The molecule has 0 aliphatic heterocycles. The minimum atomic E-state index is -0.871. The first-order chi connectivity index (χ1) is 4.34. The highest BCUT2D eigenvalue weighted by molar-refractivity contribution is 5.79. The zero-order valence-electron chi connectivity index (χ0n) is 6.97. The van der Waals surface area contributed by atoms with E-state index in [4.69, 9.17) is 10.5 Å². The third-order valence-corrected chi connectivity index (χ3v) is 0.869. The monoisotopic (exact) mass is 145 g/mol. The van der Waals surface area contributed by atoms with Crippen LogP contribution in [-0.2, 0) is 9.53 Å². The Hall–Kier alpha value is -0.570. The average Bonchev–Trinajstić information content (AvgIpc) is 1.60. The molecule has 0 aromatic carbocycles. The predicted octanol–water partition coefficient (Wildman–Crippen LogP) is 0.675. The SMILES string of the molecule is CC(C)OC(=O)C(C)(C)N. The first-order valence-corrected chi connectivity index (χ1v) is 3.34. The number of hydrogen-bond donors (Lipinski definition) is 1. The molecule has 3 heteroatoms. The minimum Gasteiger partial charge on any atom is -0.462 e. The highest BCUT2D eigenvalue weighted by atomic mass is 16.5. The van der Waals surface area contributed by atoms with Crippen molar-refractivity contribution in [1.29, 1.82) is 0 Å². The Labute approximate surface area is 61.5 Å². The number of nitrogens with two attached hydrogens (primary N) is 1. The van der Waals surface area contributed by atoms with E-state index in [0.717, 1.165) is 0 Å². The standard InChI is InChI=1S/C7H15NO2/c1-5(2)10-6(9)7(3,4)8/h5H,8H2,1-4H3. The molecule has 10 heavy (non-hydrogen) atoms. The summed E-state index contributed by atoms with van der Waals surface area (Å²) in [6.07, 6.45) is -0.0877. The van der Waals surface area contributed by atoms with E-state index in [2.05, 4.69) is 0 Å². The first-order valence-electron chi connectivity index (χ1n) is 3.34. The number of rotatable bonds is 2. The Morgan fingerprint density at radius 3 is 2.00 bits per heavy atom. The number of carbonyl (C=O) groups excluding carboxylic acids is 1. The molecule has 0 aromatic heterocycles. The molecule has 0 spiro atoms. The molecule has 0 saturated heterocycles. The molecule has 0 atom stereocenters. The summed E-state index contributed by atoms with van der Waals surface area (Å²) in [5.74, 6) is -0.359.